The summed E-state index contributed by atoms with van der Waals surface area (Å²) in [5, 5.41) is 8.15. The lowest BCUT2D eigenvalue weighted by molar-refractivity contribution is 0.102. The first-order valence-corrected chi connectivity index (χ1v) is 9.53. The molecule has 3 heterocycles. The molecule has 7 heteroatoms. The molecule has 1 aliphatic heterocycles. The standard InChI is InChI=1S/C21H24N4O3/c1-12(2)17-10-15(16-11-22-25(13(3)4)20(16)24-17)21(26)23-14-5-6-18-19(9-14)28-8-7-27-18/h5-6,9-13H,7-8H2,1-4H3,(H,23,26). The number of fused-ring (bicyclic) bond motifs is 2. The number of carbonyl (C=O) groups excluding carboxylic acids is 1. The lowest BCUT2D eigenvalue weighted by atomic mass is 10.0. The van der Waals surface area contributed by atoms with Gasteiger partial charge < -0.3 is 14.8 Å². The predicted molar refractivity (Wildman–Crippen MR) is 107 cm³/mol. The number of anilines is 1. The van der Waals surface area contributed by atoms with E-state index < -0.39 is 0 Å². The van der Waals surface area contributed by atoms with Gasteiger partial charge in [0, 0.05) is 23.5 Å². The third kappa shape index (κ3) is 3.28. The Morgan fingerprint density at radius 2 is 1.86 bits per heavy atom. The minimum atomic E-state index is -0.200. The Morgan fingerprint density at radius 1 is 1.11 bits per heavy atom. The van der Waals surface area contributed by atoms with Gasteiger partial charge in [0.1, 0.15) is 13.2 Å². The van der Waals surface area contributed by atoms with Crippen molar-refractivity contribution in [3.05, 3.63) is 41.7 Å². The summed E-state index contributed by atoms with van der Waals surface area (Å²) < 4.78 is 13.0. The first-order chi connectivity index (χ1) is 13.4. The Kier molecular flexibility index (Phi) is 4.66. The average Bonchev–Trinajstić information content (AvgIpc) is 3.11. The van der Waals surface area contributed by atoms with Crippen LogP contribution in [0.1, 0.15) is 55.7 Å². The molecule has 0 atom stereocenters. The van der Waals surface area contributed by atoms with Crippen molar-refractivity contribution in [3.8, 4) is 11.5 Å². The van der Waals surface area contributed by atoms with E-state index in [-0.39, 0.29) is 17.9 Å². The summed E-state index contributed by atoms with van der Waals surface area (Å²) in [4.78, 5) is 17.8. The third-order valence-electron chi connectivity index (χ3n) is 4.71. The number of rotatable bonds is 4. The fourth-order valence-electron chi connectivity index (χ4n) is 3.22. The van der Waals surface area contributed by atoms with Crippen LogP contribution in [0, 0.1) is 0 Å². The third-order valence-corrected chi connectivity index (χ3v) is 4.71. The number of carbonyl (C=O) groups is 1. The fraction of sp³-hybridized carbons (Fsp3) is 0.381. The van der Waals surface area contributed by atoms with Gasteiger partial charge in [-0.05, 0) is 38.0 Å². The Morgan fingerprint density at radius 3 is 2.57 bits per heavy atom. The fourth-order valence-corrected chi connectivity index (χ4v) is 3.22. The first kappa shape index (κ1) is 18.3. The number of nitrogens with zero attached hydrogens (tertiary/aromatic N) is 3. The molecule has 1 aliphatic rings. The summed E-state index contributed by atoms with van der Waals surface area (Å²) in [6, 6.07) is 7.41. The van der Waals surface area contributed by atoms with Crippen LogP contribution in [-0.4, -0.2) is 33.9 Å². The quantitative estimate of drug-likeness (QED) is 0.735. The number of benzene rings is 1. The lowest BCUT2D eigenvalue weighted by Crippen LogP contribution is -2.17. The van der Waals surface area contributed by atoms with Gasteiger partial charge >= 0.3 is 0 Å². The van der Waals surface area contributed by atoms with Crippen molar-refractivity contribution in [3.63, 3.8) is 0 Å². The second kappa shape index (κ2) is 7.14. The van der Waals surface area contributed by atoms with Crippen LogP contribution < -0.4 is 14.8 Å². The van der Waals surface area contributed by atoms with Crippen molar-refractivity contribution in [2.75, 3.05) is 18.5 Å². The number of ether oxygens (including phenoxy) is 2. The molecule has 2 aromatic heterocycles. The molecule has 1 aromatic carbocycles. The zero-order chi connectivity index (χ0) is 19.8. The molecular weight excluding hydrogens is 356 g/mol. The molecule has 28 heavy (non-hydrogen) atoms. The van der Waals surface area contributed by atoms with Gasteiger partial charge in [0.05, 0.1) is 17.1 Å². The van der Waals surface area contributed by atoms with Crippen LogP contribution in [0.2, 0.25) is 0 Å². The summed E-state index contributed by atoms with van der Waals surface area (Å²) in [6.07, 6.45) is 1.71. The lowest BCUT2D eigenvalue weighted by Gasteiger charge is -2.19. The average molecular weight is 380 g/mol. The van der Waals surface area contributed by atoms with Crippen molar-refractivity contribution >= 4 is 22.6 Å². The molecule has 0 bridgehead atoms. The van der Waals surface area contributed by atoms with Crippen LogP contribution in [0.4, 0.5) is 5.69 Å². The van der Waals surface area contributed by atoms with Crippen molar-refractivity contribution in [2.45, 2.75) is 39.7 Å². The SMILES string of the molecule is CC(C)c1cc(C(=O)Nc2ccc3c(c2)OCCO3)c2cnn(C(C)C)c2n1. The van der Waals surface area contributed by atoms with Crippen molar-refractivity contribution < 1.29 is 14.3 Å². The molecule has 0 spiro atoms. The maximum atomic E-state index is 13.1. The molecule has 0 fully saturated rings. The molecule has 7 nitrogen and oxygen atoms in total. The molecule has 0 radical (unpaired) electrons. The molecular formula is C21H24N4O3. The van der Waals surface area contributed by atoms with E-state index in [1.54, 1.807) is 12.3 Å². The maximum Gasteiger partial charge on any atom is 0.256 e. The van der Waals surface area contributed by atoms with Gasteiger partial charge in [-0.15, -0.1) is 0 Å². The van der Waals surface area contributed by atoms with Gasteiger partial charge in [-0.2, -0.15) is 5.10 Å². The van der Waals surface area contributed by atoms with Crippen molar-refractivity contribution in [1.82, 2.24) is 14.8 Å². The van der Waals surface area contributed by atoms with Crippen molar-refractivity contribution in [2.24, 2.45) is 0 Å². The predicted octanol–water partition coefficient (Wildman–Crippen LogP) is 4.16. The van der Waals surface area contributed by atoms with Crippen LogP contribution in [0.5, 0.6) is 11.5 Å². The second-order valence-corrected chi connectivity index (χ2v) is 7.48. The Labute approximate surface area is 163 Å². The topological polar surface area (TPSA) is 78.3 Å². The zero-order valence-corrected chi connectivity index (χ0v) is 16.5. The van der Waals surface area contributed by atoms with Gasteiger partial charge in [0.25, 0.3) is 5.91 Å². The van der Waals surface area contributed by atoms with Gasteiger partial charge in [-0.3, -0.25) is 4.79 Å². The highest BCUT2D eigenvalue weighted by Gasteiger charge is 2.20. The van der Waals surface area contributed by atoms with Gasteiger partial charge in [0.15, 0.2) is 17.1 Å². The number of pyridine rings is 1. The molecule has 1 amide bonds. The van der Waals surface area contributed by atoms with E-state index in [0.29, 0.717) is 36.0 Å². The van der Waals surface area contributed by atoms with Crippen LogP contribution in [0.15, 0.2) is 30.5 Å². The minimum absolute atomic E-state index is 0.154. The van der Waals surface area contributed by atoms with Crippen LogP contribution in [0.25, 0.3) is 11.0 Å². The van der Waals surface area contributed by atoms with Gasteiger partial charge in [0.2, 0.25) is 0 Å². The van der Waals surface area contributed by atoms with Gasteiger partial charge in [-0.1, -0.05) is 13.8 Å². The molecule has 3 aromatic rings. The molecule has 1 N–H and O–H groups in total. The summed E-state index contributed by atoms with van der Waals surface area (Å²) in [6.45, 7) is 9.25. The molecule has 0 unspecified atom stereocenters. The Balaban J connectivity index is 1.72. The number of amides is 1. The molecule has 0 aliphatic carbocycles. The molecule has 0 saturated heterocycles. The van der Waals surface area contributed by atoms with E-state index in [4.69, 9.17) is 14.5 Å². The molecule has 4 rings (SSSR count). The number of hydrogen-bond acceptors (Lipinski definition) is 5. The molecule has 0 saturated carbocycles. The Bertz CT molecular complexity index is 1040. The Hall–Kier alpha value is -3.09. The van der Waals surface area contributed by atoms with E-state index in [1.165, 1.54) is 0 Å². The van der Waals surface area contributed by atoms with Gasteiger partial charge in [-0.25, -0.2) is 9.67 Å². The summed E-state index contributed by atoms with van der Waals surface area (Å²) >= 11 is 0. The normalized spacial score (nSPS) is 13.4. The minimum Gasteiger partial charge on any atom is -0.486 e. The van der Waals surface area contributed by atoms with Crippen molar-refractivity contribution in [1.29, 1.82) is 0 Å². The summed E-state index contributed by atoms with van der Waals surface area (Å²) in [5.74, 6) is 1.32. The van der Waals surface area contributed by atoms with E-state index in [9.17, 15) is 4.79 Å². The largest absolute Gasteiger partial charge is 0.486 e. The summed E-state index contributed by atoms with van der Waals surface area (Å²) in [7, 11) is 0. The van der Waals surface area contributed by atoms with Crippen LogP contribution in [0.3, 0.4) is 0 Å². The monoisotopic (exact) mass is 380 g/mol. The van der Waals surface area contributed by atoms with E-state index in [1.807, 2.05) is 36.7 Å². The number of nitrogens with one attached hydrogen (secondary N) is 1. The highest BCUT2D eigenvalue weighted by Crippen LogP contribution is 2.33. The van der Waals surface area contributed by atoms with Crippen LogP contribution in [-0.2, 0) is 0 Å². The second-order valence-electron chi connectivity index (χ2n) is 7.48. The smallest absolute Gasteiger partial charge is 0.256 e. The highest BCUT2D eigenvalue weighted by atomic mass is 16.6. The first-order valence-electron chi connectivity index (χ1n) is 9.53. The maximum absolute atomic E-state index is 13.1. The van der Waals surface area contributed by atoms with E-state index in [0.717, 1.165) is 16.7 Å². The van der Waals surface area contributed by atoms with Crippen LogP contribution >= 0.6 is 0 Å². The van der Waals surface area contributed by atoms with E-state index in [2.05, 4.69) is 24.3 Å². The van der Waals surface area contributed by atoms with E-state index >= 15 is 0 Å². The number of aromatic nitrogens is 3. The summed E-state index contributed by atoms with van der Waals surface area (Å²) in [5.41, 5.74) is 2.81. The highest BCUT2D eigenvalue weighted by molar-refractivity contribution is 6.12. The molecule has 146 valence electrons. The zero-order valence-electron chi connectivity index (χ0n) is 16.5. The number of hydrogen-bond donors (Lipinski definition) is 1.